The van der Waals surface area contributed by atoms with Crippen molar-refractivity contribution in [2.24, 2.45) is 5.92 Å². The first-order valence-electron chi connectivity index (χ1n) is 7.96. The highest BCUT2D eigenvalue weighted by atomic mass is 16.5. The Bertz CT molecular complexity index is 686. The molecule has 1 aromatic rings. The molecule has 2 rings (SSSR count). The smallest absolute Gasteiger partial charge is 0.247 e. The number of carbonyl (C=O) groups is 2. The van der Waals surface area contributed by atoms with Gasteiger partial charge in [-0.15, -0.1) is 0 Å². The molecule has 0 unspecified atom stereocenters. The summed E-state index contributed by atoms with van der Waals surface area (Å²) in [5.41, 5.74) is 1.15. The molecular weight excluding hydrogens is 324 g/mol. The lowest BCUT2D eigenvalue weighted by Gasteiger charge is -2.35. The van der Waals surface area contributed by atoms with Crippen molar-refractivity contribution in [2.75, 3.05) is 21.3 Å². The number of rotatable bonds is 5. The van der Waals surface area contributed by atoms with E-state index in [0.717, 1.165) is 0 Å². The Balaban J connectivity index is 2.56. The summed E-state index contributed by atoms with van der Waals surface area (Å²) in [5.74, 6) is 0.955. The number of ether oxygens (including phenoxy) is 3. The van der Waals surface area contributed by atoms with Gasteiger partial charge in [-0.3, -0.25) is 9.59 Å². The largest absolute Gasteiger partial charge is 0.493 e. The number of hydrogen-bond acceptors (Lipinski definition) is 5. The minimum absolute atomic E-state index is 0.0124. The summed E-state index contributed by atoms with van der Waals surface area (Å²) in [6.45, 7) is 5.24. The highest BCUT2D eigenvalue weighted by molar-refractivity contribution is 5.97. The van der Waals surface area contributed by atoms with Gasteiger partial charge in [-0.2, -0.15) is 0 Å². The van der Waals surface area contributed by atoms with Crippen LogP contribution in [0, 0.1) is 5.92 Å². The van der Waals surface area contributed by atoms with Crippen LogP contribution in [0.4, 0.5) is 0 Å². The zero-order valence-corrected chi connectivity index (χ0v) is 15.4. The minimum Gasteiger partial charge on any atom is -0.493 e. The predicted octanol–water partition coefficient (Wildman–Crippen LogP) is 2.01. The SMILES string of the molecule is COc1cc(C2=CN(C(C)=O)[C@@H](C(C)C)C(=O)N2)cc(OC)c1OC. The average molecular weight is 348 g/mol. The van der Waals surface area contributed by atoms with Gasteiger partial charge in [-0.1, -0.05) is 13.8 Å². The van der Waals surface area contributed by atoms with Crippen molar-refractivity contribution in [3.63, 3.8) is 0 Å². The third kappa shape index (κ3) is 3.55. The molecule has 1 N–H and O–H groups in total. The number of nitrogens with zero attached hydrogens (tertiary/aromatic N) is 1. The van der Waals surface area contributed by atoms with E-state index in [1.807, 2.05) is 13.8 Å². The van der Waals surface area contributed by atoms with Crippen LogP contribution in [0.3, 0.4) is 0 Å². The third-order valence-corrected chi connectivity index (χ3v) is 4.07. The summed E-state index contributed by atoms with van der Waals surface area (Å²) in [5, 5.41) is 2.87. The molecule has 2 amide bonds. The summed E-state index contributed by atoms with van der Waals surface area (Å²) in [6.07, 6.45) is 1.65. The third-order valence-electron chi connectivity index (χ3n) is 4.07. The predicted molar refractivity (Wildman–Crippen MR) is 93.4 cm³/mol. The Labute approximate surface area is 147 Å². The fourth-order valence-corrected chi connectivity index (χ4v) is 2.88. The molecule has 0 fully saturated rings. The molecule has 0 saturated heterocycles. The molecule has 7 nitrogen and oxygen atoms in total. The number of benzene rings is 1. The van der Waals surface area contributed by atoms with Crippen LogP contribution in [0.5, 0.6) is 17.2 Å². The van der Waals surface area contributed by atoms with Gasteiger partial charge in [-0.05, 0) is 18.1 Å². The van der Waals surface area contributed by atoms with E-state index in [4.69, 9.17) is 14.2 Å². The average Bonchev–Trinajstić information content (AvgIpc) is 2.58. The van der Waals surface area contributed by atoms with E-state index in [9.17, 15) is 9.59 Å². The number of methoxy groups -OCH3 is 3. The van der Waals surface area contributed by atoms with E-state index in [1.54, 1.807) is 18.3 Å². The van der Waals surface area contributed by atoms with Crippen LogP contribution in [0.1, 0.15) is 26.3 Å². The van der Waals surface area contributed by atoms with Crippen LogP contribution in [0.15, 0.2) is 18.3 Å². The quantitative estimate of drug-likeness (QED) is 0.881. The van der Waals surface area contributed by atoms with Crippen LogP contribution in [-0.2, 0) is 9.59 Å². The van der Waals surface area contributed by atoms with Gasteiger partial charge in [-0.25, -0.2) is 0 Å². The van der Waals surface area contributed by atoms with E-state index >= 15 is 0 Å². The molecule has 1 heterocycles. The first kappa shape index (κ1) is 18.6. The van der Waals surface area contributed by atoms with Crippen molar-refractivity contribution in [2.45, 2.75) is 26.8 Å². The highest BCUT2D eigenvalue weighted by Crippen LogP contribution is 2.40. The molecule has 7 heteroatoms. The van der Waals surface area contributed by atoms with E-state index < -0.39 is 6.04 Å². The Morgan fingerprint density at radius 2 is 1.68 bits per heavy atom. The van der Waals surface area contributed by atoms with Crippen molar-refractivity contribution in [1.82, 2.24) is 10.2 Å². The molecule has 0 bridgehead atoms. The molecule has 0 spiro atoms. The standard InChI is InChI=1S/C18H24N2O5/c1-10(2)16-18(22)19-13(9-20(16)11(3)21)12-7-14(23-4)17(25-6)15(8-12)24-5/h7-10,16H,1-6H3,(H,19,22)/t16-/m0/s1. The lowest BCUT2D eigenvalue weighted by molar-refractivity contribution is -0.137. The number of amides is 2. The zero-order chi connectivity index (χ0) is 18.7. The maximum atomic E-state index is 12.5. The summed E-state index contributed by atoms with van der Waals surface area (Å²) in [4.78, 5) is 26.0. The first-order chi connectivity index (χ1) is 11.8. The van der Waals surface area contributed by atoms with E-state index in [0.29, 0.717) is 28.5 Å². The van der Waals surface area contributed by atoms with Gasteiger partial charge in [0.2, 0.25) is 17.6 Å². The summed E-state index contributed by atoms with van der Waals surface area (Å²) >= 11 is 0. The monoisotopic (exact) mass is 348 g/mol. The van der Waals surface area contributed by atoms with Crippen molar-refractivity contribution >= 4 is 17.5 Å². The normalized spacial score (nSPS) is 17.1. The Morgan fingerprint density at radius 1 is 1.12 bits per heavy atom. The molecule has 1 aliphatic rings. The van der Waals surface area contributed by atoms with Gasteiger partial charge in [0.25, 0.3) is 0 Å². The van der Waals surface area contributed by atoms with Crippen molar-refractivity contribution in [3.05, 3.63) is 23.9 Å². The Hall–Kier alpha value is -2.70. The molecule has 0 aliphatic carbocycles. The van der Waals surface area contributed by atoms with Crippen molar-refractivity contribution in [3.8, 4) is 17.2 Å². The molecule has 25 heavy (non-hydrogen) atoms. The van der Waals surface area contributed by atoms with Gasteiger partial charge < -0.3 is 24.4 Å². The fourth-order valence-electron chi connectivity index (χ4n) is 2.88. The van der Waals surface area contributed by atoms with Gasteiger partial charge in [0.15, 0.2) is 11.5 Å². The topological polar surface area (TPSA) is 77.1 Å². The number of hydrogen-bond donors (Lipinski definition) is 1. The molecule has 1 atom stereocenters. The van der Waals surface area contributed by atoms with Crippen LogP contribution < -0.4 is 19.5 Å². The first-order valence-corrected chi connectivity index (χ1v) is 7.96. The molecule has 0 aromatic heterocycles. The molecule has 0 saturated carbocycles. The summed E-state index contributed by atoms with van der Waals surface area (Å²) < 4.78 is 16.0. The zero-order valence-electron chi connectivity index (χ0n) is 15.4. The van der Waals surface area contributed by atoms with E-state index in [-0.39, 0.29) is 17.7 Å². The maximum absolute atomic E-state index is 12.5. The van der Waals surface area contributed by atoms with Gasteiger partial charge in [0, 0.05) is 18.7 Å². The molecule has 1 aromatic carbocycles. The highest BCUT2D eigenvalue weighted by Gasteiger charge is 2.34. The second kappa shape index (κ2) is 7.46. The number of nitrogens with one attached hydrogen (secondary N) is 1. The lowest BCUT2D eigenvalue weighted by Crippen LogP contribution is -2.52. The van der Waals surface area contributed by atoms with Crippen molar-refractivity contribution < 1.29 is 23.8 Å². The maximum Gasteiger partial charge on any atom is 0.247 e. The van der Waals surface area contributed by atoms with Gasteiger partial charge in [0.1, 0.15) is 6.04 Å². The molecule has 1 aliphatic heterocycles. The van der Waals surface area contributed by atoms with Crippen LogP contribution in [0.2, 0.25) is 0 Å². The molecule has 0 radical (unpaired) electrons. The van der Waals surface area contributed by atoms with E-state index in [2.05, 4.69) is 5.32 Å². The minimum atomic E-state index is -0.539. The second-order valence-electron chi connectivity index (χ2n) is 6.06. The Morgan fingerprint density at radius 3 is 2.08 bits per heavy atom. The van der Waals surface area contributed by atoms with Crippen LogP contribution in [0.25, 0.3) is 5.70 Å². The van der Waals surface area contributed by atoms with E-state index in [1.165, 1.54) is 33.2 Å². The number of carbonyl (C=O) groups excluding carboxylic acids is 2. The summed E-state index contributed by atoms with van der Waals surface area (Å²) in [7, 11) is 4.56. The summed E-state index contributed by atoms with van der Waals surface area (Å²) in [6, 6.07) is 2.91. The van der Waals surface area contributed by atoms with Crippen LogP contribution in [-0.4, -0.2) is 44.1 Å². The molecular formula is C18H24N2O5. The van der Waals surface area contributed by atoms with Crippen molar-refractivity contribution in [1.29, 1.82) is 0 Å². The van der Waals surface area contributed by atoms with Gasteiger partial charge >= 0.3 is 0 Å². The molecule has 136 valence electrons. The second-order valence-corrected chi connectivity index (χ2v) is 6.06. The lowest BCUT2D eigenvalue weighted by atomic mass is 9.98. The Kier molecular flexibility index (Phi) is 5.56. The fraction of sp³-hybridized carbons (Fsp3) is 0.444. The van der Waals surface area contributed by atoms with Crippen LogP contribution >= 0.6 is 0 Å². The van der Waals surface area contributed by atoms with Gasteiger partial charge in [0.05, 0.1) is 27.0 Å².